The minimum Gasteiger partial charge on any atom is -0.484 e. The van der Waals surface area contributed by atoms with E-state index in [1.165, 1.54) is 0 Å². The number of rotatable bonds is 3. The lowest BCUT2D eigenvalue weighted by atomic mass is 10.3. The van der Waals surface area contributed by atoms with E-state index in [4.69, 9.17) is 21.1 Å². The third-order valence-corrected chi connectivity index (χ3v) is 3.34. The molecule has 0 spiro atoms. The first-order chi connectivity index (χ1) is 9.34. The summed E-state index contributed by atoms with van der Waals surface area (Å²) in [5, 5.41) is 8.94. The Bertz CT molecular complexity index is 571. The number of halogens is 1. The fourth-order valence-corrected chi connectivity index (χ4v) is 2.24. The number of nitrogens with zero attached hydrogens (tertiary/aromatic N) is 3. The summed E-state index contributed by atoms with van der Waals surface area (Å²) in [6.07, 6.45) is 0.791. The molecule has 0 N–H and O–H groups in total. The van der Waals surface area contributed by atoms with Crippen molar-refractivity contribution in [3.63, 3.8) is 0 Å². The molecule has 0 radical (unpaired) electrons. The number of ether oxygens (including phenoxy) is 2. The van der Waals surface area contributed by atoms with Gasteiger partial charge in [-0.3, -0.25) is 0 Å². The van der Waals surface area contributed by atoms with Crippen LogP contribution in [0.25, 0.3) is 0 Å². The van der Waals surface area contributed by atoms with Crippen LogP contribution in [0.4, 0.5) is 0 Å². The molecule has 0 aliphatic carbocycles. The van der Waals surface area contributed by atoms with Gasteiger partial charge >= 0.3 is 0 Å². The molecule has 0 bridgehead atoms. The number of benzene rings is 1. The molecule has 0 amide bonds. The van der Waals surface area contributed by atoms with Gasteiger partial charge in [0, 0.05) is 13.0 Å². The van der Waals surface area contributed by atoms with E-state index in [9.17, 15) is 0 Å². The number of hydrogen-bond acceptors (Lipinski definition) is 4. The zero-order chi connectivity index (χ0) is 13.1. The van der Waals surface area contributed by atoms with E-state index in [-0.39, 0.29) is 0 Å². The monoisotopic (exact) mass is 279 g/mol. The van der Waals surface area contributed by atoms with Crippen molar-refractivity contribution in [3.05, 3.63) is 40.9 Å². The van der Waals surface area contributed by atoms with Gasteiger partial charge in [0.05, 0.1) is 18.2 Å². The fraction of sp³-hybridized carbons (Fsp3) is 0.385. The topological polar surface area (TPSA) is 49.2 Å². The van der Waals surface area contributed by atoms with Crippen LogP contribution in [0.1, 0.15) is 11.6 Å². The van der Waals surface area contributed by atoms with Crippen LogP contribution in [-0.2, 0) is 24.3 Å². The molecule has 2 heterocycles. The summed E-state index contributed by atoms with van der Waals surface area (Å²) in [5.74, 6) is 2.42. The third kappa shape index (κ3) is 2.72. The lowest BCUT2D eigenvalue weighted by Crippen LogP contribution is -2.10. The highest BCUT2D eigenvalue weighted by molar-refractivity contribution is 6.32. The maximum atomic E-state index is 6.05. The molecule has 0 atom stereocenters. The molecule has 3 rings (SSSR count). The zero-order valence-electron chi connectivity index (χ0n) is 10.4. The highest BCUT2D eigenvalue weighted by atomic mass is 35.5. The average Bonchev–Trinajstić information content (AvgIpc) is 2.66. The summed E-state index contributed by atoms with van der Waals surface area (Å²) in [6.45, 7) is 2.51. The normalized spacial score (nSPS) is 14.8. The van der Waals surface area contributed by atoms with E-state index >= 15 is 0 Å². The molecule has 19 heavy (non-hydrogen) atoms. The molecule has 0 fully saturated rings. The van der Waals surface area contributed by atoms with Gasteiger partial charge in [-0.2, -0.15) is 0 Å². The molecule has 100 valence electrons. The Labute approximate surface area is 116 Å². The molecular weight excluding hydrogens is 266 g/mol. The Morgan fingerprint density at radius 2 is 2.16 bits per heavy atom. The van der Waals surface area contributed by atoms with Crippen molar-refractivity contribution in [2.75, 3.05) is 13.2 Å². The Morgan fingerprint density at radius 1 is 1.26 bits per heavy atom. The third-order valence-electron chi connectivity index (χ3n) is 3.03. The van der Waals surface area contributed by atoms with Crippen LogP contribution >= 0.6 is 11.6 Å². The Morgan fingerprint density at radius 3 is 3.05 bits per heavy atom. The fourth-order valence-electron chi connectivity index (χ4n) is 2.05. The van der Waals surface area contributed by atoms with Gasteiger partial charge in [0.2, 0.25) is 0 Å². The van der Waals surface area contributed by atoms with Gasteiger partial charge in [-0.1, -0.05) is 23.7 Å². The highest BCUT2D eigenvalue weighted by Crippen LogP contribution is 2.24. The standard InChI is InChI=1S/C13H14ClN3O2/c14-10-3-1-2-4-11(10)19-9-13-16-15-12-5-7-18-8-6-17(12)13/h1-4H,5-9H2. The lowest BCUT2D eigenvalue weighted by molar-refractivity contribution is 0.139. The Hall–Kier alpha value is -1.59. The average molecular weight is 280 g/mol. The summed E-state index contributed by atoms with van der Waals surface area (Å²) < 4.78 is 13.2. The molecule has 5 nitrogen and oxygen atoms in total. The second kappa shape index (κ2) is 5.59. The summed E-state index contributed by atoms with van der Waals surface area (Å²) in [4.78, 5) is 0. The van der Waals surface area contributed by atoms with Crippen LogP contribution in [0.15, 0.2) is 24.3 Å². The number of fused-ring (bicyclic) bond motifs is 1. The maximum Gasteiger partial charge on any atom is 0.171 e. The van der Waals surface area contributed by atoms with Crippen LogP contribution < -0.4 is 4.74 Å². The quantitative estimate of drug-likeness (QED) is 0.863. The van der Waals surface area contributed by atoms with Crippen molar-refractivity contribution in [2.45, 2.75) is 19.6 Å². The molecular formula is C13H14ClN3O2. The number of hydrogen-bond donors (Lipinski definition) is 0. The van der Waals surface area contributed by atoms with Gasteiger partial charge in [0.15, 0.2) is 5.82 Å². The SMILES string of the molecule is Clc1ccccc1OCc1nnc2n1CCOCC2. The molecule has 0 saturated heterocycles. The van der Waals surface area contributed by atoms with Crippen molar-refractivity contribution in [3.8, 4) is 5.75 Å². The summed E-state index contributed by atoms with van der Waals surface area (Å²) >= 11 is 6.05. The maximum absolute atomic E-state index is 6.05. The largest absolute Gasteiger partial charge is 0.484 e. The summed E-state index contributed by atoms with van der Waals surface area (Å²) in [7, 11) is 0. The number of aromatic nitrogens is 3. The smallest absolute Gasteiger partial charge is 0.171 e. The van der Waals surface area contributed by atoms with E-state index in [0.29, 0.717) is 30.6 Å². The van der Waals surface area contributed by atoms with E-state index in [2.05, 4.69) is 14.8 Å². The van der Waals surface area contributed by atoms with Gasteiger partial charge in [0.1, 0.15) is 18.2 Å². The minimum absolute atomic E-state index is 0.358. The van der Waals surface area contributed by atoms with Crippen LogP contribution in [-0.4, -0.2) is 28.0 Å². The Balaban J connectivity index is 1.74. The van der Waals surface area contributed by atoms with Crippen LogP contribution in [0, 0.1) is 0 Å². The predicted molar refractivity (Wildman–Crippen MR) is 70.3 cm³/mol. The van der Waals surface area contributed by atoms with Crippen LogP contribution in [0.3, 0.4) is 0 Å². The first kappa shape index (κ1) is 12.4. The van der Waals surface area contributed by atoms with Crippen molar-refractivity contribution < 1.29 is 9.47 Å². The van der Waals surface area contributed by atoms with E-state index in [1.807, 2.05) is 18.2 Å². The minimum atomic E-state index is 0.358. The zero-order valence-corrected chi connectivity index (χ0v) is 11.1. The van der Waals surface area contributed by atoms with Crippen LogP contribution in [0.5, 0.6) is 5.75 Å². The van der Waals surface area contributed by atoms with Gasteiger partial charge in [-0.05, 0) is 12.1 Å². The molecule has 2 aromatic rings. The summed E-state index contributed by atoms with van der Waals surface area (Å²) in [6, 6.07) is 7.40. The van der Waals surface area contributed by atoms with Crippen molar-refractivity contribution >= 4 is 11.6 Å². The molecule has 1 aromatic heterocycles. The first-order valence-electron chi connectivity index (χ1n) is 6.20. The molecule has 6 heteroatoms. The van der Waals surface area contributed by atoms with Crippen molar-refractivity contribution in [2.24, 2.45) is 0 Å². The molecule has 0 unspecified atom stereocenters. The molecule has 0 saturated carbocycles. The van der Waals surface area contributed by atoms with Crippen molar-refractivity contribution in [1.82, 2.24) is 14.8 Å². The Kier molecular flexibility index (Phi) is 3.66. The molecule has 1 aromatic carbocycles. The second-order valence-electron chi connectivity index (χ2n) is 4.27. The second-order valence-corrected chi connectivity index (χ2v) is 4.67. The van der Waals surface area contributed by atoms with Gasteiger partial charge in [-0.25, -0.2) is 0 Å². The lowest BCUT2D eigenvalue weighted by Gasteiger charge is -2.09. The van der Waals surface area contributed by atoms with E-state index in [0.717, 1.165) is 24.6 Å². The summed E-state index contributed by atoms with van der Waals surface area (Å²) in [5.41, 5.74) is 0. The van der Waals surface area contributed by atoms with Gasteiger partial charge in [-0.15, -0.1) is 10.2 Å². The van der Waals surface area contributed by atoms with Crippen molar-refractivity contribution in [1.29, 1.82) is 0 Å². The van der Waals surface area contributed by atoms with Gasteiger partial charge in [0.25, 0.3) is 0 Å². The molecule has 1 aliphatic heterocycles. The van der Waals surface area contributed by atoms with Crippen LogP contribution in [0.2, 0.25) is 5.02 Å². The first-order valence-corrected chi connectivity index (χ1v) is 6.58. The van der Waals surface area contributed by atoms with E-state index < -0.39 is 0 Å². The van der Waals surface area contributed by atoms with E-state index in [1.54, 1.807) is 6.07 Å². The van der Waals surface area contributed by atoms with Gasteiger partial charge < -0.3 is 14.0 Å². The molecule has 1 aliphatic rings. The highest BCUT2D eigenvalue weighted by Gasteiger charge is 2.15. The predicted octanol–water partition coefficient (Wildman–Crippen LogP) is 2.08. The number of para-hydroxylation sites is 1.